The molecule has 0 aliphatic heterocycles. The summed E-state index contributed by atoms with van der Waals surface area (Å²) in [5, 5.41) is 11.4. The van der Waals surface area contributed by atoms with E-state index >= 15 is 0 Å². The third kappa shape index (κ3) is 4.19. The molecule has 114 valence electrons. The van der Waals surface area contributed by atoms with Gasteiger partial charge in [-0.3, -0.25) is 5.32 Å². The number of anilines is 1. The van der Waals surface area contributed by atoms with E-state index < -0.39 is 12.1 Å². The average Bonchev–Trinajstić information content (AvgIpc) is 2.49. The van der Waals surface area contributed by atoms with Crippen molar-refractivity contribution in [2.75, 3.05) is 5.32 Å². The smallest absolute Gasteiger partial charge is 0.413 e. The van der Waals surface area contributed by atoms with Crippen molar-refractivity contribution in [1.29, 1.82) is 0 Å². The van der Waals surface area contributed by atoms with Crippen LogP contribution in [0.1, 0.15) is 15.9 Å². The predicted molar refractivity (Wildman–Crippen MR) is 84.2 cm³/mol. The molecule has 1 aromatic heterocycles. The summed E-state index contributed by atoms with van der Waals surface area (Å²) >= 11 is 8.88. The average molecular weight is 386 g/mol. The highest BCUT2D eigenvalue weighted by molar-refractivity contribution is 9.10. The van der Waals surface area contributed by atoms with Crippen LogP contribution in [0.25, 0.3) is 0 Å². The molecule has 2 N–H and O–H groups in total. The summed E-state index contributed by atoms with van der Waals surface area (Å²) < 4.78 is 5.31. The van der Waals surface area contributed by atoms with Crippen LogP contribution in [0, 0.1) is 0 Å². The molecule has 1 aromatic carbocycles. The zero-order valence-corrected chi connectivity index (χ0v) is 13.4. The zero-order chi connectivity index (χ0) is 16.1. The molecule has 2 rings (SSSR count). The molecule has 1 heterocycles. The van der Waals surface area contributed by atoms with Crippen molar-refractivity contribution < 1.29 is 19.4 Å². The molecule has 0 saturated heterocycles. The molecule has 0 aliphatic rings. The van der Waals surface area contributed by atoms with Gasteiger partial charge in [0.1, 0.15) is 17.3 Å². The van der Waals surface area contributed by atoms with E-state index in [1.807, 2.05) is 18.2 Å². The van der Waals surface area contributed by atoms with E-state index in [2.05, 4.69) is 26.2 Å². The van der Waals surface area contributed by atoms with Gasteiger partial charge in [-0.1, -0.05) is 41.9 Å². The van der Waals surface area contributed by atoms with Crippen LogP contribution in [0.2, 0.25) is 5.15 Å². The third-order valence-electron chi connectivity index (χ3n) is 2.60. The summed E-state index contributed by atoms with van der Waals surface area (Å²) in [6, 6.07) is 10.3. The first kappa shape index (κ1) is 16.3. The maximum Gasteiger partial charge on any atom is 0.413 e. The van der Waals surface area contributed by atoms with Crippen LogP contribution >= 0.6 is 27.5 Å². The molecule has 0 unspecified atom stereocenters. The van der Waals surface area contributed by atoms with E-state index in [1.165, 1.54) is 6.07 Å². The Bertz CT molecular complexity index is 709. The maximum atomic E-state index is 11.7. The first-order chi connectivity index (χ1) is 10.5. The summed E-state index contributed by atoms with van der Waals surface area (Å²) in [6.45, 7) is 0.0549. The van der Waals surface area contributed by atoms with Crippen molar-refractivity contribution in [2.45, 2.75) is 6.61 Å². The minimum absolute atomic E-state index is 0.0309. The number of benzene rings is 1. The van der Waals surface area contributed by atoms with E-state index in [-0.39, 0.29) is 23.1 Å². The number of carbonyl (C=O) groups is 2. The number of rotatable bonds is 4. The van der Waals surface area contributed by atoms with Crippen LogP contribution < -0.4 is 5.32 Å². The Hall–Kier alpha value is -2.12. The standard InChI is InChI=1S/C14H10BrClN2O4/c15-10-6-9(13(19)20)12(17-11(10)16)18-14(21)22-7-8-4-2-1-3-5-8/h1-6H,7H2,(H,19,20)(H,17,18,21). The molecule has 6 nitrogen and oxygen atoms in total. The Balaban J connectivity index is 2.08. The van der Waals surface area contributed by atoms with Crippen LogP contribution in [0.5, 0.6) is 0 Å². The number of ether oxygens (including phenoxy) is 1. The molecular formula is C14H10BrClN2O4. The summed E-state index contributed by atoms with van der Waals surface area (Å²) in [5.74, 6) is -1.43. The molecule has 0 aliphatic carbocycles. The number of halogens is 2. The summed E-state index contributed by atoms with van der Waals surface area (Å²) in [6.07, 6.45) is -0.822. The van der Waals surface area contributed by atoms with Crippen LogP contribution in [0.3, 0.4) is 0 Å². The number of carbonyl (C=O) groups excluding carboxylic acids is 1. The maximum absolute atomic E-state index is 11.7. The van der Waals surface area contributed by atoms with E-state index in [0.717, 1.165) is 5.56 Å². The molecule has 0 radical (unpaired) electrons. The Labute approximate surface area is 139 Å². The topological polar surface area (TPSA) is 88.5 Å². The minimum Gasteiger partial charge on any atom is -0.478 e. The number of hydrogen-bond donors (Lipinski definition) is 2. The van der Waals surface area contributed by atoms with Gasteiger partial charge < -0.3 is 9.84 Å². The molecular weight excluding hydrogens is 376 g/mol. The second-order valence-electron chi connectivity index (χ2n) is 4.15. The Morgan fingerprint density at radius 2 is 2.00 bits per heavy atom. The van der Waals surface area contributed by atoms with Crippen molar-refractivity contribution in [3.8, 4) is 0 Å². The minimum atomic E-state index is -1.25. The SMILES string of the molecule is O=C(Nc1nc(Cl)c(Br)cc1C(=O)O)OCc1ccccc1. The van der Waals surface area contributed by atoms with Crippen molar-refractivity contribution in [3.63, 3.8) is 0 Å². The number of nitrogens with one attached hydrogen (secondary N) is 1. The van der Waals surface area contributed by atoms with Crippen LogP contribution in [-0.4, -0.2) is 22.2 Å². The lowest BCUT2D eigenvalue weighted by Gasteiger charge is -2.09. The first-order valence-corrected chi connectivity index (χ1v) is 7.21. The van der Waals surface area contributed by atoms with Crippen LogP contribution in [-0.2, 0) is 11.3 Å². The van der Waals surface area contributed by atoms with E-state index in [0.29, 0.717) is 4.47 Å². The molecule has 0 bridgehead atoms. The number of pyridine rings is 1. The molecule has 0 spiro atoms. The summed E-state index contributed by atoms with van der Waals surface area (Å²) in [4.78, 5) is 26.7. The fourth-order valence-corrected chi connectivity index (χ4v) is 2.04. The van der Waals surface area contributed by atoms with Crippen molar-refractivity contribution in [3.05, 3.63) is 57.2 Å². The number of amides is 1. The molecule has 0 saturated carbocycles. The number of hydrogen-bond acceptors (Lipinski definition) is 4. The van der Waals surface area contributed by atoms with Gasteiger partial charge in [-0.05, 0) is 27.6 Å². The number of aromatic carboxylic acids is 1. The lowest BCUT2D eigenvalue weighted by molar-refractivity contribution is 0.0697. The molecule has 0 atom stereocenters. The van der Waals surface area contributed by atoms with Crippen LogP contribution in [0.15, 0.2) is 40.9 Å². The van der Waals surface area contributed by atoms with Crippen LogP contribution in [0.4, 0.5) is 10.6 Å². The number of carboxylic acid groups (broad SMARTS) is 1. The fourth-order valence-electron chi connectivity index (χ4n) is 1.58. The van der Waals surface area contributed by atoms with Crippen molar-refractivity contribution in [2.24, 2.45) is 0 Å². The summed E-state index contributed by atoms with van der Waals surface area (Å²) in [5.41, 5.74) is 0.603. The number of carboxylic acids is 1. The van der Waals surface area contributed by atoms with Gasteiger partial charge in [0, 0.05) is 0 Å². The quantitative estimate of drug-likeness (QED) is 0.778. The van der Waals surface area contributed by atoms with Gasteiger partial charge in [-0.25, -0.2) is 14.6 Å². The van der Waals surface area contributed by atoms with Gasteiger partial charge in [0.25, 0.3) is 0 Å². The van der Waals surface area contributed by atoms with Gasteiger partial charge in [-0.2, -0.15) is 0 Å². The van der Waals surface area contributed by atoms with Gasteiger partial charge >= 0.3 is 12.1 Å². The van der Waals surface area contributed by atoms with Gasteiger partial charge in [-0.15, -0.1) is 0 Å². The predicted octanol–water partition coefficient (Wildman–Crippen LogP) is 3.94. The monoisotopic (exact) mass is 384 g/mol. The van der Waals surface area contributed by atoms with Gasteiger partial charge in [0.05, 0.1) is 4.47 Å². The second kappa shape index (κ2) is 7.24. The highest BCUT2D eigenvalue weighted by Crippen LogP contribution is 2.26. The van der Waals surface area contributed by atoms with E-state index in [4.69, 9.17) is 21.4 Å². The lowest BCUT2D eigenvalue weighted by atomic mass is 10.2. The van der Waals surface area contributed by atoms with E-state index in [1.54, 1.807) is 12.1 Å². The Kier molecular flexibility index (Phi) is 5.35. The molecule has 2 aromatic rings. The molecule has 1 amide bonds. The van der Waals surface area contributed by atoms with Crippen molar-refractivity contribution >= 4 is 45.4 Å². The number of aromatic nitrogens is 1. The molecule has 8 heteroatoms. The Morgan fingerprint density at radius 3 is 2.64 bits per heavy atom. The summed E-state index contributed by atoms with van der Waals surface area (Å²) in [7, 11) is 0. The highest BCUT2D eigenvalue weighted by atomic mass is 79.9. The fraction of sp³-hybridized carbons (Fsp3) is 0.0714. The zero-order valence-electron chi connectivity index (χ0n) is 11.0. The van der Waals surface area contributed by atoms with Gasteiger partial charge in [0.2, 0.25) is 0 Å². The van der Waals surface area contributed by atoms with Gasteiger partial charge in [0.15, 0.2) is 5.82 Å². The van der Waals surface area contributed by atoms with Crippen molar-refractivity contribution in [1.82, 2.24) is 4.98 Å². The first-order valence-electron chi connectivity index (χ1n) is 6.04. The molecule has 22 heavy (non-hydrogen) atoms. The largest absolute Gasteiger partial charge is 0.478 e. The van der Waals surface area contributed by atoms with E-state index in [9.17, 15) is 9.59 Å². The number of nitrogens with zero attached hydrogens (tertiary/aromatic N) is 1. The normalized spacial score (nSPS) is 10.1. The Morgan fingerprint density at radius 1 is 1.32 bits per heavy atom. The lowest BCUT2D eigenvalue weighted by Crippen LogP contribution is -2.17. The molecule has 0 fully saturated rings. The second-order valence-corrected chi connectivity index (χ2v) is 5.36. The third-order valence-corrected chi connectivity index (χ3v) is 3.72. The highest BCUT2D eigenvalue weighted by Gasteiger charge is 2.17.